The molecule has 4 rings (SSSR count). The fourth-order valence-corrected chi connectivity index (χ4v) is 3.57. The smallest absolute Gasteiger partial charge is 0.491 e. The van der Waals surface area contributed by atoms with Gasteiger partial charge in [0.2, 0.25) is 0 Å². The number of rotatable bonds is 3. The van der Waals surface area contributed by atoms with Gasteiger partial charge < -0.3 is 23.1 Å². The standard InChI is InChI=1S/C13H18BNO4/c1-2-4-12(5-3-1)16-11-13-10-15-6-8-17-14(15,19-13)18-9-7-15/h1-5,13H,6-11H2. The van der Waals surface area contributed by atoms with E-state index in [4.69, 9.17) is 18.7 Å². The third-order valence-electron chi connectivity index (χ3n) is 4.51. The number of quaternary nitrogens is 1. The van der Waals surface area contributed by atoms with Crippen molar-refractivity contribution < 1.29 is 23.1 Å². The highest BCUT2D eigenvalue weighted by Crippen LogP contribution is 2.41. The van der Waals surface area contributed by atoms with Crippen LogP contribution < -0.4 is 4.74 Å². The maximum absolute atomic E-state index is 6.07. The molecule has 3 aliphatic heterocycles. The van der Waals surface area contributed by atoms with E-state index in [2.05, 4.69) is 0 Å². The summed E-state index contributed by atoms with van der Waals surface area (Å²) in [6.45, 7) is 3.43. The minimum atomic E-state index is -1.55. The number of ether oxygens (including phenoxy) is 1. The maximum Gasteiger partial charge on any atom is 0.625 e. The Balaban J connectivity index is 1.43. The van der Waals surface area contributed by atoms with E-state index in [1.165, 1.54) is 0 Å². The van der Waals surface area contributed by atoms with Gasteiger partial charge in [-0.2, -0.15) is 0 Å². The second kappa shape index (κ2) is 4.21. The highest BCUT2D eigenvalue weighted by molar-refractivity contribution is 6.54. The van der Waals surface area contributed by atoms with E-state index in [0.29, 0.717) is 6.61 Å². The normalized spacial score (nSPS) is 40.1. The highest BCUT2D eigenvalue weighted by atomic mass is 16.8. The molecule has 0 aromatic heterocycles. The van der Waals surface area contributed by atoms with Crippen molar-refractivity contribution in [3.8, 4) is 5.75 Å². The minimum Gasteiger partial charge on any atom is -0.491 e. The SMILES string of the molecule is c1ccc(OCC2C[N+]34CCO[B-]3(OCC4)O2)cc1. The number of benzene rings is 1. The van der Waals surface area contributed by atoms with E-state index in [-0.39, 0.29) is 6.10 Å². The van der Waals surface area contributed by atoms with Gasteiger partial charge in [0, 0.05) is 0 Å². The van der Waals surface area contributed by atoms with Crippen LogP contribution in [0.25, 0.3) is 0 Å². The Kier molecular flexibility index (Phi) is 2.60. The number of nitrogens with zero attached hydrogens (tertiary/aromatic N) is 1. The van der Waals surface area contributed by atoms with Gasteiger partial charge in [-0.25, -0.2) is 0 Å². The van der Waals surface area contributed by atoms with Gasteiger partial charge in [0.05, 0.1) is 32.8 Å². The molecule has 0 spiro atoms. The van der Waals surface area contributed by atoms with Crippen molar-refractivity contribution in [1.82, 2.24) is 0 Å². The Morgan fingerprint density at radius 2 is 1.89 bits per heavy atom. The first-order valence-electron chi connectivity index (χ1n) is 6.95. The van der Waals surface area contributed by atoms with Gasteiger partial charge in [0.1, 0.15) is 18.5 Å². The van der Waals surface area contributed by atoms with Crippen LogP contribution in [0.4, 0.5) is 0 Å². The van der Waals surface area contributed by atoms with Crippen LogP contribution >= 0.6 is 0 Å². The molecule has 0 radical (unpaired) electrons. The Bertz CT molecular complexity index is 439. The molecule has 3 fully saturated rings. The first-order chi connectivity index (χ1) is 9.32. The zero-order valence-corrected chi connectivity index (χ0v) is 10.9. The minimum absolute atomic E-state index is 0.0563. The first-order valence-corrected chi connectivity index (χ1v) is 6.95. The number of hydrogen-bond acceptors (Lipinski definition) is 4. The molecule has 19 heavy (non-hydrogen) atoms. The molecule has 1 unspecified atom stereocenters. The van der Waals surface area contributed by atoms with Crippen LogP contribution in [-0.4, -0.2) is 56.8 Å². The lowest BCUT2D eigenvalue weighted by molar-refractivity contribution is -0.816. The molecule has 3 aliphatic rings. The van der Waals surface area contributed by atoms with E-state index in [9.17, 15) is 0 Å². The largest absolute Gasteiger partial charge is 0.625 e. The summed E-state index contributed by atoms with van der Waals surface area (Å²) in [5.41, 5.74) is 0. The summed E-state index contributed by atoms with van der Waals surface area (Å²) in [5.74, 6) is 0.880. The molecule has 5 nitrogen and oxygen atoms in total. The van der Waals surface area contributed by atoms with E-state index in [0.717, 1.165) is 43.0 Å². The van der Waals surface area contributed by atoms with Crippen molar-refractivity contribution in [2.75, 3.05) is 39.5 Å². The van der Waals surface area contributed by atoms with Crippen LogP contribution in [0.3, 0.4) is 0 Å². The zero-order chi connectivity index (χ0) is 12.8. The van der Waals surface area contributed by atoms with Gasteiger partial charge >= 0.3 is 6.89 Å². The van der Waals surface area contributed by atoms with Crippen molar-refractivity contribution >= 4 is 6.89 Å². The van der Waals surface area contributed by atoms with Gasteiger partial charge in [-0.3, -0.25) is 0 Å². The van der Waals surface area contributed by atoms with Crippen molar-refractivity contribution in [2.24, 2.45) is 0 Å². The van der Waals surface area contributed by atoms with Crippen LogP contribution in [0.5, 0.6) is 5.75 Å². The fourth-order valence-electron chi connectivity index (χ4n) is 3.57. The molecule has 102 valence electrons. The molecule has 1 atom stereocenters. The molecule has 3 heterocycles. The lowest BCUT2D eigenvalue weighted by atomic mass is 9.94. The van der Waals surface area contributed by atoms with Gasteiger partial charge in [0.15, 0.2) is 0 Å². The molecule has 0 aliphatic carbocycles. The quantitative estimate of drug-likeness (QED) is 0.755. The van der Waals surface area contributed by atoms with Crippen molar-refractivity contribution in [3.63, 3.8) is 0 Å². The molecule has 0 amide bonds. The second-order valence-electron chi connectivity index (χ2n) is 5.58. The molecular weight excluding hydrogens is 245 g/mol. The summed E-state index contributed by atoms with van der Waals surface area (Å²) in [7, 11) is 0. The highest BCUT2D eigenvalue weighted by Gasteiger charge is 2.66. The van der Waals surface area contributed by atoms with Gasteiger partial charge in [-0.05, 0) is 12.1 Å². The number of hydrogen-bond donors (Lipinski definition) is 0. The van der Waals surface area contributed by atoms with Crippen LogP contribution in [0, 0.1) is 0 Å². The molecule has 0 saturated carbocycles. The second-order valence-corrected chi connectivity index (χ2v) is 5.58. The summed E-state index contributed by atoms with van der Waals surface area (Å²) in [6.07, 6.45) is 0.0563. The maximum atomic E-state index is 6.07. The third kappa shape index (κ3) is 1.71. The summed E-state index contributed by atoms with van der Waals surface area (Å²) >= 11 is 0. The van der Waals surface area contributed by atoms with E-state index in [1.54, 1.807) is 0 Å². The van der Waals surface area contributed by atoms with Gasteiger partial charge in [-0.1, -0.05) is 18.2 Å². The van der Waals surface area contributed by atoms with Crippen LogP contribution in [0.1, 0.15) is 0 Å². The molecule has 3 saturated heterocycles. The molecule has 1 aromatic rings. The fraction of sp³-hybridized carbons (Fsp3) is 0.538. The predicted octanol–water partition coefficient (Wildman–Crippen LogP) is 0.777. The van der Waals surface area contributed by atoms with E-state index in [1.807, 2.05) is 30.3 Å². The molecular formula is C13H18BNO4. The Hall–Kier alpha value is -1.08. The van der Waals surface area contributed by atoms with Crippen molar-refractivity contribution in [2.45, 2.75) is 6.10 Å². The monoisotopic (exact) mass is 263 g/mol. The summed E-state index contributed by atoms with van der Waals surface area (Å²) in [6, 6.07) is 9.84. The lowest BCUT2D eigenvalue weighted by Crippen LogP contribution is -2.59. The topological polar surface area (TPSA) is 36.9 Å². The molecule has 6 heteroatoms. The Labute approximate surface area is 112 Å². The zero-order valence-electron chi connectivity index (χ0n) is 10.9. The molecule has 0 N–H and O–H groups in total. The summed E-state index contributed by atoms with van der Waals surface area (Å²) in [5, 5.41) is 0. The van der Waals surface area contributed by atoms with Gasteiger partial charge in [0.25, 0.3) is 0 Å². The summed E-state index contributed by atoms with van der Waals surface area (Å²) in [4.78, 5) is 0. The van der Waals surface area contributed by atoms with Crippen LogP contribution in [0.2, 0.25) is 0 Å². The average molecular weight is 263 g/mol. The van der Waals surface area contributed by atoms with Crippen molar-refractivity contribution in [1.29, 1.82) is 0 Å². The molecule has 0 bridgehead atoms. The van der Waals surface area contributed by atoms with E-state index >= 15 is 0 Å². The van der Waals surface area contributed by atoms with Crippen molar-refractivity contribution in [3.05, 3.63) is 30.3 Å². The average Bonchev–Trinajstić information content (AvgIpc) is 2.98. The first kappa shape index (κ1) is 11.7. The summed E-state index contributed by atoms with van der Waals surface area (Å²) < 4.78 is 24.3. The Morgan fingerprint density at radius 3 is 2.58 bits per heavy atom. The molecule has 1 aromatic carbocycles. The number of para-hydroxylation sites is 1. The third-order valence-corrected chi connectivity index (χ3v) is 4.51. The van der Waals surface area contributed by atoms with E-state index < -0.39 is 6.89 Å². The predicted molar refractivity (Wildman–Crippen MR) is 69.3 cm³/mol. The lowest BCUT2D eigenvalue weighted by Gasteiger charge is -2.37. The Morgan fingerprint density at radius 1 is 1.16 bits per heavy atom. The van der Waals surface area contributed by atoms with Crippen LogP contribution in [0.15, 0.2) is 30.3 Å². The van der Waals surface area contributed by atoms with Crippen LogP contribution in [-0.2, 0) is 14.0 Å². The van der Waals surface area contributed by atoms with Gasteiger partial charge in [-0.15, -0.1) is 0 Å².